The molecule has 0 aromatic heterocycles. The first-order valence-electron chi connectivity index (χ1n) is 6.87. The summed E-state index contributed by atoms with van der Waals surface area (Å²) in [4.78, 5) is 14.7. The molecular formula is C17H11Cl2NO2S2. The maximum atomic E-state index is 12.7. The topological polar surface area (TPSA) is 29.5 Å². The molecule has 1 heterocycles. The lowest BCUT2D eigenvalue weighted by Crippen LogP contribution is -2.27. The molecule has 1 amide bonds. The lowest BCUT2D eigenvalue weighted by Gasteiger charge is -2.14. The molecule has 2 aromatic carbocycles. The second-order valence-corrected chi connectivity index (χ2v) is 7.34. The quantitative estimate of drug-likeness (QED) is 0.513. The normalized spacial score (nSPS) is 16.1. The van der Waals surface area contributed by atoms with Crippen molar-refractivity contribution in [2.45, 2.75) is 0 Å². The summed E-state index contributed by atoms with van der Waals surface area (Å²) in [5, 5.41) is 0.967. The van der Waals surface area contributed by atoms with Crippen LogP contribution in [0.1, 0.15) is 5.56 Å². The molecule has 0 N–H and O–H groups in total. The highest BCUT2D eigenvalue weighted by Crippen LogP contribution is 2.38. The lowest BCUT2D eigenvalue weighted by atomic mass is 10.2. The third-order valence-electron chi connectivity index (χ3n) is 3.40. The van der Waals surface area contributed by atoms with Crippen LogP contribution in [-0.2, 0) is 4.79 Å². The van der Waals surface area contributed by atoms with Crippen LogP contribution in [0.3, 0.4) is 0 Å². The summed E-state index contributed by atoms with van der Waals surface area (Å²) < 4.78 is 5.59. The molecule has 7 heteroatoms. The van der Waals surface area contributed by atoms with E-state index in [1.807, 2.05) is 0 Å². The number of thiocarbonyl (C=S) groups is 1. The van der Waals surface area contributed by atoms with Crippen LogP contribution in [0.2, 0.25) is 10.0 Å². The largest absolute Gasteiger partial charge is 0.497 e. The predicted molar refractivity (Wildman–Crippen MR) is 105 cm³/mol. The Kier molecular flexibility index (Phi) is 5.15. The number of ether oxygens (including phenoxy) is 1. The van der Waals surface area contributed by atoms with E-state index < -0.39 is 0 Å². The Bertz CT molecular complexity index is 830. The summed E-state index contributed by atoms with van der Waals surface area (Å²) in [6.45, 7) is 0. The van der Waals surface area contributed by atoms with Gasteiger partial charge in [-0.1, -0.05) is 53.2 Å². The zero-order chi connectivity index (χ0) is 17.3. The van der Waals surface area contributed by atoms with Crippen molar-refractivity contribution in [2.75, 3.05) is 12.0 Å². The molecule has 0 atom stereocenters. The lowest BCUT2D eigenvalue weighted by molar-refractivity contribution is -0.113. The highest BCUT2D eigenvalue weighted by atomic mass is 35.5. The molecule has 0 spiro atoms. The first kappa shape index (κ1) is 17.3. The van der Waals surface area contributed by atoms with E-state index in [0.717, 1.165) is 0 Å². The Labute approximate surface area is 159 Å². The number of carbonyl (C=O) groups is 1. The van der Waals surface area contributed by atoms with E-state index in [1.165, 1.54) is 16.7 Å². The van der Waals surface area contributed by atoms with E-state index in [1.54, 1.807) is 55.7 Å². The van der Waals surface area contributed by atoms with Gasteiger partial charge in [0.2, 0.25) is 0 Å². The molecule has 2 aromatic rings. The average Bonchev–Trinajstić information content (AvgIpc) is 2.85. The van der Waals surface area contributed by atoms with Crippen LogP contribution in [0.4, 0.5) is 5.69 Å². The Hall–Kier alpha value is -1.53. The molecule has 1 fully saturated rings. The first-order valence-corrected chi connectivity index (χ1v) is 8.85. The minimum absolute atomic E-state index is 0.203. The second kappa shape index (κ2) is 7.15. The maximum absolute atomic E-state index is 12.7. The SMILES string of the molecule is COc1ccc(N2C(=O)C(=Cc3c(Cl)cccc3Cl)SC2=S)cc1. The van der Waals surface area contributed by atoms with E-state index in [4.69, 9.17) is 40.2 Å². The molecule has 0 saturated carbocycles. The molecule has 0 bridgehead atoms. The molecule has 0 aliphatic carbocycles. The molecule has 3 rings (SSSR count). The number of hydrogen-bond donors (Lipinski definition) is 0. The first-order chi connectivity index (χ1) is 11.5. The number of nitrogens with zero attached hydrogens (tertiary/aromatic N) is 1. The monoisotopic (exact) mass is 395 g/mol. The Balaban J connectivity index is 1.95. The number of thioether (sulfide) groups is 1. The Morgan fingerprint density at radius 1 is 1.12 bits per heavy atom. The molecule has 1 saturated heterocycles. The summed E-state index contributed by atoms with van der Waals surface area (Å²) in [5.41, 5.74) is 1.29. The van der Waals surface area contributed by atoms with Gasteiger partial charge in [-0.3, -0.25) is 9.69 Å². The Morgan fingerprint density at radius 3 is 2.33 bits per heavy atom. The van der Waals surface area contributed by atoms with Crippen molar-refractivity contribution >= 4 is 69.2 Å². The van der Waals surface area contributed by atoms with E-state index in [2.05, 4.69) is 0 Å². The van der Waals surface area contributed by atoms with Crippen molar-refractivity contribution in [3.8, 4) is 5.75 Å². The van der Waals surface area contributed by atoms with Crippen LogP contribution >= 0.6 is 47.2 Å². The van der Waals surface area contributed by atoms with Crippen LogP contribution in [-0.4, -0.2) is 17.3 Å². The molecule has 24 heavy (non-hydrogen) atoms. The van der Waals surface area contributed by atoms with Crippen LogP contribution in [0.5, 0.6) is 5.75 Å². The van der Waals surface area contributed by atoms with Gasteiger partial charge in [-0.25, -0.2) is 0 Å². The van der Waals surface area contributed by atoms with Crippen molar-refractivity contribution in [3.63, 3.8) is 0 Å². The number of benzene rings is 2. The molecular weight excluding hydrogens is 385 g/mol. The van der Waals surface area contributed by atoms with Crippen LogP contribution in [0, 0.1) is 0 Å². The molecule has 1 aliphatic heterocycles. The second-order valence-electron chi connectivity index (χ2n) is 4.85. The van der Waals surface area contributed by atoms with Gasteiger partial charge in [0.25, 0.3) is 5.91 Å². The summed E-state index contributed by atoms with van der Waals surface area (Å²) in [7, 11) is 1.59. The third-order valence-corrected chi connectivity index (χ3v) is 5.36. The molecule has 3 nitrogen and oxygen atoms in total. The highest BCUT2D eigenvalue weighted by molar-refractivity contribution is 8.27. The van der Waals surface area contributed by atoms with Gasteiger partial charge in [-0.05, 0) is 42.5 Å². The molecule has 1 aliphatic rings. The van der Waals surface area contributed by atoms with Gasteiger partial charge in [-0.15, -0.1) is 0 Å². The summed E-state index contributed by atoms with van der Waals surface area (Å²) in [5.74, 6) is 0.508. The number of hydrogen-bond acceptors (Lipinski definition) is 4. The van der Waals surface area contributed by atoms with Crippen molar-refractivity contribution < 1.29 is 9.53 Å². The van der Waals surface area contributed by atoms with Gasteiger partial charge in [0.05, 0.1) is 17.7 Å². The zero-order valence-corrected chi connectivity index (χ0v) is 15.6. The number of rotatable bonds is 3. The van der Waals surface area contributed by atoms with Crippen molar-refractivity contribution in [2.24, 2.45) is 0 Å². The number of amides is 1. The van der Waals surface area contributed by atoms with Crippen molar-refractivity contribution in [3.05, 3.63) is 63.0 Å². The smallest absolute Gasteiger partial charge is 0.270 e. The molecule has 0 unspecified atom stereocenters. The van der Waals surface area contributed by atoms with Gasteiger partial charge >= 0.3 is 0 Å². The molecule has 122 valence electrons. The van der Waals surface area contributed by atoms with Gasteiger partial charge < -0.3 is 4.74 Å². The average molecular weight is 396 g/mol. The van der Waals surface area contributed by atoms with Crippen LogP contribution in [0.15, 0.2) is 47.4 Å². The fourth-order valence-electron chi connectivity index (χ4n) is 2.20. The van der Waals surface area contributed by atoms with Gasteiger partial charge in [-0.2, -0.15) is 0 Å². The third kappa shape index (κ3) is 3.30. The van der Waals surface area contributed by atoms with Crippen LogP contribution < -0.4 is 9.64 Å². The Morgan fingerprint density at radius 2 is 1.75 bits per heavy atom. The van der Waals surface area contributed by atoms with Crippen molar-refractivity contribution in [1.82, 2.24) is 0 Å². The zero-order valence-electron chi connectivity index (χ0n) is 12.5. The van der Waals surface area contributed by atoms with Crippen molar-refractivity contribution in [1.29, 1.82) is 0 Å². The standard InChI is InChI=1S/C17H11Cl2NO2S2/c1-22-11-7-5-10(6-8-11)20-16(21)15(24-17(20)23)9-12-13(18)3-2-4-14(12)19/h2-9H,1H3. The van der Waals surface area contributed by atoms with Gasteiger partial charge in [0, 0.05) is 15.6 Å². The minimum Gasteiger partial charge on any atom is -0.497 e. The van der Waals surface area contributed by atoms with Crippen LogP contribution in [0.25, 0.3) is 6.08 Å². The minimum atomic E-state index is -0.203. The number of halogens is 2. The molecule has 0 radical (unpaired) electrons. The fraction of sp³-hybridized carbons (Fsp3) is 0.0588. The number of anilines is 1. The van der Waals surface area contributed by atoms with E-state index in [0.29, 0.717) is 36.3 Å². The maximum Gasteiger partial charge on any atom is 0.270 e. The van der Waals surface area contributed by atoms with E-state index >= 15 is 0 Å². The van der Waals surface area contributed by atoms with E-state index in [-0.39, 0.29) is 5.91 Å². The predicted octanol–water partition coefficient (Wildman–Crippen LogP) is 5.41. The number of methoxy groups -OCH3 is 1. The van der Waals surface area contributed by atoms with Gasteiger partial charge in [0.1, 0.15) is 5.75 Å². The van der Waals surface area contributed by atoms with E-state index in [9.17, 15) is 4.79 Å². The fourth-order valence-corrected chi connectivity index (χ4v) is 3.99. The summed E-state index contributed by atoms with van der Waals surface area (Å²) in [6, 6.07) is 12.3. The van der Waals surface area contributed by atoms with Gasteiger partial charge in [0.15, 0.2) is 4.32 Å². The summed E-state index contributed by atoms with van der Waals surface area (Å²) >= 11 is 18.9. The summed E-state index contributed by atoms with van der Waals surface area (Å²) in [6.07, 6.45) is 1.67. The number of carbonyl (C=O) groups excluding carboxylic acids is 1. The highest BCUT2D eigenvalue weighted by Gasteiger charge is 2.33.